The van der Waals surface area contributed by atoms with Crippen LogP contribution < -0.4 is 15.3 Å². The summed E-state index contributed by atoms with van der Waals surface area (Å²) in [5, 5.41) is 1.43. The summed E-state index contributed by atoms with van der Waals surface area (Å²) in [6.45, 7) is 0.703. The molecule has 3 rings (SSSR count). The number of fused-ring (bicyclic) bond motifs is 1. The van der Waals surface area contributed by atoms with E-state index in [0.717, 1.165) is 11.1 Å². The Morgan fingerprint density at radius 1 is 1.12 bits per heavy atom. The third kappa shape index (κ3) is 4.14. The molecule has 0 aliphatic carbocycles. The molecule has 0 bridgehead atoms. The molecule has 0 N–H and O–H groups in total. The molecule has 0 radical (unpaired) electrons. The van der Waals surface area contributed by atoms with Gasteiger partial charge in [-0.25, -0.2) is 4.79 Å². The Balaban J connectivity index is 1.67. The largest absolute Gasteiger partial charge is 0.479 e. The minimum atomic E-state index is -0.379. The SMILES string of the molecule is CN(CC#CCOc1ccccc1Cl)c1cc(=O)oc2ccccc12. The molecule has 1 heterocycles. The van der Waals surface area contributed by atoms with E-state index >= 15 is 0 Å². The molecule has 0 aliphatic rings. The molecule has 1 aromatic heterocycles. The van der Waals surface area contributed by atoms with Crippen LogP contribution in [0, 0.1) is 11.8 Å². The molecule has 0 saturated carbocycles. The Bertz CT molecular complexity index is 1000. The number of hydrogen-bond acceptors (Lipinski definition) is 4. The molecule has 0 spiro atoms. The van der Waals surface area contributed by atoms with Crippen molar-refractivity contribution in [2.24, 2.45) is 0 Å². The predicted octanol–water partition coefficient (Wildman–Crippen LogP) is 3.97. The highest BCUT2D eigenvalue weighted by atomic mass is 35.5. The number of nitrogens with zero attached hydrogens (tertiary/aromatic N) is 1. The zero-order chi connectivity index (χ0) is 17.6. The fourth-order valence-corrected chi connectivity index (χ4v) is 2.59. The highest BCUT2D eigenvalue weighted by Crippen LogP contribution is 2.24. The van der Waals surface area contributed by atoms with E-state index in [0.29, 0.717) is 22.9 Å². The quantitative estimate of drug-likeness (QED) is 0.526. The van der Waals surface area contributed by atoms with Gasteiger partial charge in [0.05, 0.1) is 17.3 Å². The lowest BCUT2D eigenvalue weighted by molar-refractivity contribution is 0.370. The third-order valence-electron chi connectivity index (χ3n) is 3.62. The number of hydrogen-bond donors (Lipinski definition) is 0. The lowest BCUT2D eigenvalue weighted by Gasteiger charge is -2.17. The maximum absolute atomic E-state index is 11.7. The van der Waals surface area contributed by atoms with Crippen LogP contribution in [-0.2, 0) is 0 Å². The lowest BCUT2D eigenvalue weighted by Crippen LogP contribution is -2.19. The number of halogens is 1. The van der Waals surface area contributed by atoms with Crippen molar-refractivity contribution >= 4 is 28.3 Å². The van der Waals surface area contributed by atoms with Crippen molar-refractivity contribution < 1.29 is 9.15 Å². The first-order chi connectivity index (χ1) is 12.1. The summed E-state index contributed by atoms with van der Waals surface area (Å²) >= 11 is 6.02. The summed E-state index contributed by atoms with van der Waals surface area (Å²) in [4.78, 5) is 13.6. The van der Waals surface area contributed by atoms with E-state index in [2.05, 4.69) is 11.8 Å². The Hall–Kier alpha value is -2.90. The average molecular weight is 354 g/mol. The highest BCUT2D eigenvalue weighted by Gasteiger charge is 2.08. The van der Waals surface area contributed by atoms with Crippen molar-refractivity contribution in [3.8, 4) is 17.6 Å². The van der Waals surface area contributed by atoms with Gasteiger partial charge in [-0.15, -0.1) is 0 Å². The number of para-hydroxylation sites is 2. The second-order valence-corrected chi connectivity index (χ2v) is 5.78. The molecule has 0 fully saturated rings. The van der Waals surface area contributed by atoms with Crippen molar-refractivity contribution in [3.05, 3.63) is 70.0 Å². The first kappa shape index (κ1) is 16.9. The zero-order valence-corrected chi connectivity index (χ0v) is 14.4. The van der Waals surface area contributed by atoms with E-state index in [1.165, 1.54) is 6.07 Å². The van der Waals surface area contributed by atoms with Gasteiger partial charge in [0.2, 0.25) is 0 Å². The van der Waals surface area contributed by atoms with Gasteiger partial charge in [0.15, 0.2) is 0 Å². The molecule has 0 amide bonds. The van der Waals surface area contributed by atoms with E-state index in [-0.39, 0.29) is 12.2 Å². The number of rotatable bonds is 4. The molecule has 0 atom stereocenters. The van der Waals surface area contributed by atoms with Crippen LogP contribution >= 0.6 is 11.6 Å². The Morgan fingerprint density at radius 3 is 2.72 bits per heavy atom. The summed E-state index contributed by atoms with van der Waals surface area (Å²) in [5.74, 6) is 6.59. The highest BCUT2D eigenvalue weighted by molar-refractivity contribution is 6.32. The summed E-state index contributed by atoms with van der Waals surface area (Å²) in [7, 11) is 1.88. The third-order valence-corrected chi connectivity index (χ3v) is 3.93. The van der Waals surface area contributed by atoms with Gasteiger partial charge in [-0.1, -0.05) is 47.7 Å². The molecule has 126 valence electrons. The molecule has 2 aromatic carbocycles. The number of anilines is 1. The van der Waals surface area contributed by atoms with Crippen LogP contribution in [0.15, 0.2) is 63.8 Å². The minimum absolute atomic E-state index is 0.245. The second-order valence-electron chi connectivity index (χ2n) is 5.38. The summed E-state index contributed by atoms with van der Waals surface area (Å²) < 4.78 is 10.7. The van der Waals surface area contributed by atoms with Crippen LogP contribution in [0.1, 0.15) is 0 Å². The number of benzene rings is 2. The first-order valence-corrected chi connectivity index (χ1v) is 8.10. The van der Waals surface area contributed by atoms with E-state index in [1.807, 2.05) is 42.3 Å². The molecular weight excluding hydrogens is 338 g/mol. The van der Waals surface area contributed by atoms with E-state index < -0.39 is 0 Å². The van der Waals surface area contributed by atoms with Gasteiger partial charge in [0, 0.05) is 18.5 Å². The smallest absolute Gasteiger partial charge is 0.338 e. The molecule has 25 heavy (non-hydrogen) atoms. The predicted molar refractivity (Wildman–Crippen MR) is 100 cm³/mol. The van der Waals surface area contributed by atoms with Crippen LogP contribution in [0.4, 0.5) is 5.69 Å². The van der Waals surface area contributed by atoms with E-state index in [1.54, 1.807) is 18.2 Å². The molecule has 3 aromatic rings. The van der Waals surface area contributed by atoms with Crippen molar-refractivity contribution in [2.75, 3.05) is 25.1 Å². The summed E-state index contributed by atoms with van der Waals surface area (Å²) in [6, 6.07) is 16.2. The molecule has 4 nitrogen and oxygen atoms in total. The van der Waals surface area contributed by atoms with Gasteiger partial charge in [-0.2, -0.15) is 0 Å². The van der Waals surface area contributed by atoms with Crippen LogP contribution in [0.2, 0.25) is 5.02 Å². The van der Waals surface area contributed by atoms with E-state index in [4.69, 9.17) is 20.8 Å². The van der Waals surface area contributed by atoms with Gasteiger partial charge in [0.25, 0.3) is 0 Å². The van der Waals surface area contributed by atoms with Gasteiger partial charge < -0.3 is 14.1 Å². The first-order valence-electron chi connectivity index (χ1n) is 7.72. The lowest BCUT2D eigenvalue weighted by atomic mass is 10.2. The molecule has 0 unspecified atom stereocenters. The standard InChI is InChI=1S/C20H16ClNO3/c1-22(12-6-7-13-24-19-11-5-3-9-16(19)21)17-14-20(23)25-18-10-4-2-8-15(17)18/h2-5,8-11,14H,12-13H2,1H3. The average Bonchev–Trinajstić information content (AvgIpc) is 2.62. The number of ether oxygens (including phenoxy) is 1. The fraction of sp³-hybridized carbons (Fsp3) is 0.150. The monoisotopic (exact) mass is 353 g/mol. The van der Waals surface area contributed by atoms with E-state index in [9.17, 15) is 4.79 Å². The Kier molecular flexibility index (Phi) is 5.27. The van der Waals surface area contributed by atoms with Crippen molar-refractivity contribution in [2.45, 2.75) is 0 Å². The second kappa shape index (κ2) is 7.78. The van der Waals surface area contributed by atoms with Crippen LogP contribution in [0.3, 0.4) is 0 Å². The van der Waals surface area contributed by atoms with Crippen molar-refractivity contribution in [3.63, 3.8) is 0 Å². The van der Waals surface area contributed by atoms with Crippen LogP contribution in [0.25, 0.3) is 11.0 Å². The minimum Gasteiger partial charge on any atom is -0.479 e. The topological polar surface area (TPSA) is 42.7 Å². The maximum atomic E-state index is 11.7. The fourth-order valence-electron chi connectivity index (χ4n) is 2.40. The van der Waals surface area contributed by atoms with Crippen molar-refractivity contribution in [1.29, 1.82) is 0 Å². The van der Waals surface area contributed by atoms with Crippen molar-refractivity contribution in [1.82, 2.24) is 0 Å². The molecular formula is C20H16ClNO3. The Labute approximate surface area is 150 Å². The van der Waals surface area contributed by atoms with Crippen LogP contribution in [0.5, 0.6) is 5.75 Å². The van der Waals surface area contributed by atoms with Gasteiger partial charge in [-0.05, 0) is 24.3 Å². The van der Waals surface area contributed by atoms with Gasteiger partial charge in [-0.3, -0.25) is 0 Å². The normalized spacial score (nSPS) is 10.2. The molecule has 5 heteroatoms. The van der Waals surface area contributed by atoms with Crippen LogP contribution in [-0.4, -0.2) is 20.2 Å². The Morgan fingerprint density at radius 2 is 1.88 bits per heavy atom. The molecule has 0 saturated heterocycles. The summed E-state index contributed by atoms with van der Waals surface area (Å²) in [6.07, 6.45) is 0. The summed E-state index contributed by atoms with van der Waals surface area (Å²) in [5.41, 5.74) is 0.968. The molecule has 0 aliphatic heterocycles. The van der Waals surface area contributed by atoms with Gasteiger partial charge >= 0.3 is 5.63 Å². The van der Waals surface area contributed by atoms with Gasteiger partial charge in [0.1, 0.15) is 17.9 Å². The maximum Gasteiger partial charge on any atom is 0.338 e. The zero-order valence-electron chi connectivity index (χ0n) is 13.7.